The fourth-order valence-corrected chi connectivity index (χ4v) is 1.05. The number of nitrogens with zero attached hydrogens (tertiary/aromatic N) is 1. The van der Waals surface area contributed by atoms with Gasteiger partial charge in [0.25, 0.3) is 0 Å². The summed E-state index contributed by atoms with van der Waals surface area (Å²) in [5.41, 5.74) is 0.967. The van der Waals surface area contributed by atoms with E-state index in [1.165, 1.54) is 19.4 Å². The van der Waals surface area contributed by atoms with Crippen LogP contribution in [0.4, 0.5) is 0 Å². The Labute approximate surface area is 81.5 Å². The lowest BCUT2D eigenvalue weighted by molar-refractivity contribution is 0.0593. The fraction of sp³-hybridized carbons (Fsp3) is 0.250. The standard InChI is InChI=1S/C8H10BNO4/c1-5-3-6(9(12)13)4-10-7(5)8(11)14-2/h3-4,12-13H,1-2H3. The minimum atomic E-state index is -1.58. The van der Waals surface area contributed by atoms with Gasteiger partial charge in [-0.3, -0.25) is 0 Å². The highest BCUT2D eigenvalue weighted by atomic mass is 16.5. The van der Waals surface area contributed by atoms with Crippen LogP contribution < -0.4 is 5.46 Å². The van der Waals surface area contributed by atoms with E-state index in [4.69, 9.17) is 10.0 Å². The molecule has 0 bridgehead atoms. The summed E-state index contributed by atoms with van der Waals surface area (Å²) >= 11 is 0. The molecular weight excluding hydrogens is 185 g/mol. The monoisotopic (exact) mass is 195 g/mol. The van der Waals surface area contributed by atoms with Crippen LogP contribution in [0.25, 0.3) is 0 Å². The Hall–Kier alpha value is -1.40. The number of aromatic nitrogens is 1. The van der Waals surface area contributed by atoms with Crippen molar-refractivity contribution in [1.82, 2.24) is 4.98 Å². The second-order valence-electron chi connectivity index (χ2n) is 2.80. The summed E-state index contributed by atoms with van der Waals surface area (Å²) in [5, 5.41) is 17.7. The molecule has 74 valence electrons. The van der Waals surface area contributed by atoms with E-state index in [1.807, 2.05) is 0 Å². The summed E-state index contributed by atoms with van der Waals surface area (Å²) in [6.45, 7) is 1.64. The van der Waals surface area contributed by atoms with Gasteiger partial charge in [-0.1, -0.05) is 6.07 Å². The van der Waals surface area contributed by atoms with Gasteiger partial charge in [-0.15, -0.1) is 0 Å². The maximum atomic E-state index is 11.1. The molecule has 5 nitrogen and oxygen atoms in total. The molecule has 2 N–H and O–H groups in total. The Morgan fingerprint density at radius 1 is 1.57 bits per heavy atom. The molecule has 6 heteroatoms. The average Bonchev–Trinajstić information content (AvgIpc) is 2.16. The highest BCUT2D eigenvalue weighted by Crippen LogP contribution is 2.03. The van der Waals surface area contributed by atoms with Crippen LogP contribution in [0.2, 0.25) is 0 Å². The molecule has 0 fully saturated rings. The molecule has 0 aliphatic rings. The van der Waals surface area contributed by atoms with Crippen LogP contribution in [-0.2, 0) is 4.74 Å². The normalized spacial score (nSPS) is 9.71. The molecule has 1 heterocycles. The molecule has 0 spiro atoms. The summed E-state index contributed by atoms with van der Waals surface area (Å²) in [7, 11) is -0.314. The molecule has 1 aromatic rings. The highest BCUT2D eigenvalue weighted by molar-refractivity contribution is 6.58. The Morgan fingerprint density at radius 3 is 2.64 bits per heavy atom. The van der Waals surface area contributed by atoms with E-state index in [0.29, 0.717) is 5.56 Å². The predicted octanol–water partition coefficient (Wildman–Crippen LogP) is -1.14. The Bertz CT molecular complexity index is 353. The van der Waals surface area contributed by atoms with Crippen LogP contribution in [0, 0.1) is 6.92 Å². The Balaban J connectivity index is 3.07. The van der Waals surface area contributed by atoms with Gasteiger partial charge in [0.2, 0.25) is 0 Å². The van der Waals surface area contributed by atoms with Crippen molar-refractivity contribution in [2.24, 2.45) is 0 Å². The van der Waals surface area contributed by atoms with Gasteiger partial charge in [0.1, 0.15) is 0 Å². The molecule has 0 amide bonds. The Kier molecular flexibility index (Phi) is 3.21. The number of pyridine rings is 1. The van der Waals surface area contributed by atoms with E-state index in [0.717, 1.165) is 0 Å². The molecular formula is C8H10BNO4. The number of carbonyl (C=O) groups is 1. The van der Waals surface area contributed by atoms with Gasteiger partial charge < -0.3 is 14.8 Å². The number of methoxy groups -OCH3 is 1. The zero-order valence-corrected chi connectivity index (χ0v) is 7.89. The number of esters is 1. The van der Waals surface area contributed by atoms with Crippen LogP contribution in [0.15, 0.2) is 12.3 Å². The van der Waals surface area contributed by atoms with Crippen molar-refractivity contribution in [3.8, 4) is 0 Å². The summed E-state index contributed by atoms with van der Waals surface area (Å²) in [6, 6.07) is 1.48. The van der Waals surface area contributed by atoms with E-state index in [2.05, 4.69) is 9.72 Å². The van der Waals surface area contributed by atoms with Crippen LogP contribution >= 0.6 is 0 Å². The van der Waals surface area contributed by atoms with E-state index < -0.39 is 13.1 Å². The van der Waals surface area contributed by atoms with E-state index in [-0.39, 0.29) is 11.2 Å². The number of hydrogen-bond donors (Lipinski definition) is 2. The minimum Gasteiger partial charge on any atom is -0.464 e. The number of carbonyl (C=O) groups excluding carboxylic acids is 1. The van der Waals surface area contributed by atoms with Crippen molar-refractivity contribution < 1.29 is 19.6 Å². The molecule has 0 aliphatic carbocycles. The van der Waals surface area contributed by atoms with Crippen LogP contribution in [-0.4, -0.2) is 35.2 Å². The zero-order chi connectivity index (χ0) is 10.7. The lowest BCUT2D eigenvalue weighted by Gasteiger charge is -2.04. The third-order valence-electron chi connectivity index (χ3n) is 1.78. The number of hydrogen-bond acceptors (Lipinski definition) is 5. The van der Waals surface area contributed by atoms with Crippen molar-refractivity contribution in [2.45, 2.75) is 6.92 Å². The van der Waals surface area contributed by atoms with Crippen molar-refractivity contribution in [3.05, 3.63) is 23.5 Å². The highest BCUT2D eigenvalue weighted by Gasteiger charge is 2.16. The first-order valence-electron chi connectivity index (χ1n) is 3.97. The number of ether oxygens (including phenoxy) is 1. The molecule has 14 heavy (non-hydrogen) atoms. The first-order chi connectivity index (χ1) is 6.56. The Morgan fingerprint density at radius 2 is 2.21 bits per heavy atom. The van der Waals surface area contributed by atoms with E-state index >= 15 is 0 Å². The van der Waals surface area contributed by atoms with E-state index in [1.54, 1.807) is 6.92 Å². The molecule has 0 aromatic carbocycles. The quantitative estimate of drug-likeness (QED) is 0.460. The first kappa shape index (κ1) is 10.7. The van der Waals surface area contributed by atoms with Gasteiger partial charge in [0.15, 0.2) is 5.69 Å². The van der Waals surface area contributed by atoms with Gasteiger partial charge in [-0.2, -0.15) is 0 Å². The molecule has 1 aromatic heterocycles. The topological polar surface area (TPSA) is 79.7 Å². The maximum Gasteiger partial charge on any atom is 0.490 e. The van der Waals surface area contributed by atoms with E-state index in [9.17, 15) is 4.79 Å². The largest absolute Gasteiger partial charge is 0.490 e. The first-order valence-corrected chi connectivity index (χ1v) is 3.97. The SMILES string of the molecule is COC(=O)c1ncc(B(O)O)cc1C. The molecule has 0 saturated heterocycles. The summed E-state index contributed by atoms with van der Waals surface area (Å²) in [4.78, 5) is 14.9. The summed E-state index contributed by atoms with van der Waals surface area (Å²) < 4.78 is 4.49. The minimum absolute atomic E-state index is 0.178. The van der Waals surface area contributed by atoms with Crippen LogP contribution in [0.5, 0.6) is 0 Å². The smallest absolute Gasteiger partial charge is 0.464 e. The van der Waals surface area contributed by atoms with Gasteiger partial charge in [-0.25, -0.2) is 9.78 Å². The fourth-order valence-electron chi connectivity index (χ4n) is 1.05. The van der Waals surface area contributed by atoms with Gasteiger partial charge in [0, 0.05) is 11.7 Å². The van der Waals surface area contributed by atoms with Crippen molar-refractivity contribution in [3.63, 3.8) is 0 Å². The lowest BCUT2D eigenvalue weighted by Crippen LogP contribution is -2.31. The maximum absolute atomic E-state index is 11.1. The van der Waals surface area contributed by atoms with Crippen molar-refractivity contribution in [1.29, 1.82) is 0 Å². The van der Waals surface area contributed by atoms with Crippen LogP contribution in [0.3, 0.4) is 0 Å². The number of aryl methyl sites for hydroxylation is 1. The van der Waals surface area contributed by atoms with Crippen molar-refractivity contribution in [2.75, 3.05) is 7.11 Å². The molecule has 0 radical (unpaired) electrons. The lowest BCUT2D eigenvalue weighted by atomic mass is 9.81. The third kappa shape index (κ3) is 2.10. The molecule has 0 saturated carbocycles. The second-order valence-corrected chi connectivity index (χ2v) is 2.80. The molecule has 0 unspecified atom stereocenters. The van der Waals surface area contributed by atoms with Gasteiger partial charge in [0.05, 0.1) is 7.11 Å². The summed E-state index contributed by atoms with van der Waals surface area (Å²) in [6.07, 6.45) is 1.23. The van der Waals surface area contributed by atoms with Crippen molar-refractivity contribution >= 4 is 18.6 Å². The van der Waals surface area contributed by atoms with Gasteiger partial charge in [-0.05, 0) is 12.5 Å². The predicted molar refractivity (Wildman–Crippen MR) is 50.1 cm³/mol. The zero-order valence-electron chi connectivity index (χ0n) is 7.89. The third-order valence-corrected chi connectivity index (χ3v) is 1.78. The number of rotatable bonds is 2. The summed E-state index contributed by atoms with van der Waals surface area (Å²) in [5.74, 6) is -0.540. The molecule has 1 rings (SSSR count). The second kappa shape index (κ2) is 4.21. The van der Waals surface area contributed by atoms with Gasteiger partial charge >= 0.3 is 13.1 Å². The average molecular weight is 195 g/mol. The van der Waals surface area contributed by atoms with Crippen LogP contribution in [0.1, 0.15) is 16.1 Å². The molecule has 0 atom stereocenters. The molecule has 0 aliphatic heterocycles.